The van der Waals surface area contributed by atoms with Gasteiger partial charge in [-0.1, -0.05) is 22.9 Å². The van der Waals surface area contributed by atoms with Gasteiger partial charge in [-0.05, 0) is 19.4 Å². The third-order valence-electron chi connectivity index (χ3n) is 0.991. The summed E-state index contributed by atoms with van der Waals surface area (Å²) in [6, 6.07) is 0. The normalized spacial score (nSPS) is 16.7. The monoisotopic (exact) mass is 222 g/mol. The average Bonchev–Trinajstić information content (AvgIpc) is 1.85. The van der Waals surface area contributed by atoms with Gasteiger partial charge in [-0.25, -0.2) is 0 Å². The van der Waals surface area contributed by atoms with Crippen LogP contribution in [0, 0.1) is 0 Å². The quantitative estimate of drug-likeness (QED) is 0.571. The molecule has 0 aromatic rings. The number of hydrogen-bond acceptors (Lipinski definition) is 2. The zero-order valence-corrected chi connectivity index (χ0v) is 8.54. The third kappa shape index (κ3) is 9.98. The minimum absolute atomic E-state index is 0.368. The minimum Gasteiger partial charge on any atom is -0.499 e. The lowest BCUT2D eigenvalue weighted by atomic mass is 10.3. The number of hydrogen-bond donors (Lipinski definition) is 1. The van der Waals surface area contributed by atoms with Gasteiger partial charge in [0.1, 0.15) is 6.61 Å². The molecular weight excluding hydrogens is 208 g/mol. The van der Waals surface area contributed by atoms with E-state index in [1.54, 1.807) is 13.2 Å². The second-order valence-electron chi connectivity index (χ2n) is 2.57. The number of alkyl halides is 1. The van der Waals surface area contributed by atoms with E-state index in [1.165, 1.54) is 0 Å². The van der Waals surface area contributed by atoms with Crippen molar-refractivity contribution in [1.29, 1.82) is 0 Å². The van der Waals surface area contributed by atoms with E-state index < -0.39 is 0 Å². The molecule has 0 aliphatic carbocycles. The first-order chi connectivity index (χ1) is 5.13. The summed E-state index contributed by atoms with van der Waals surface area (Å²) in [5.74, 6) is 0. The van der Waals surface area contributed by atoms with Gasteiger partial charge in [0.25, 0.3) is 0 Å². The SMILES string of the molecule is CC(O)COC=CCC(C)Br. The van der Waals surface area contributed by atoms with Crippen LogP contribution in [-0.2, 0) is 4.74 Å². The van der Waals surface area contributed by atoms with E-state index >= 15 is 0 Å². The predicted molar refractivity (Wildman–Crippen MR) is 49.8 cm³/mol. The fraction of sp³-hybridized carbons (Fsp3) is 0.750. The number of aliphatic hydroxyl groups excluding tert-OH is 1. The van der Waals surface area contributed by atoms with Crippen LogP contribution >= 0.6 is 15.9 Å². The lowest BCUT2D eigenvalue weighted by Gasteiger charge is -2.02. The minimum atomic E-state index is -0.388. The molecule has 0 bridgehead atoms. The van der Waals surface area contributed by atoms with E-state index in [2.05, 4.69) is 22.9 Å². The summed E-state index contributed by atoms with van der Waals surface area (Å²) in [5, 5.41) is 8.79. The van der Waals surface area contributed by atoms with Crippen molar-refractivity contribution in [1.82, 2.24) is 0 Å². The molecule has 66 valence electrons. The van der Waals surface area contributed by atoms with Gasteiger partial charge in [0.2, 0.25) is 0 Å². The van der Waals surface area contributed by atoms with Crippen LogP contribution in [0.5, 0.6) is 0 Å². The van der Waals surface area contributed by atoms with Gasteiger partial charge < -0.3 is 9.84 Å². The Morgan fingerprint density at radius 1 is 1.55 bits per heavy atom. The topological polar surface area (TPSA) is 29.5 Å². The second kappa shape index (κ2) is 6.68. The first kappa shape index (κ1) is 11.0. The summed E-state index contributed by atoms with van der Waals surface area (Å²) < 4.78 is 4.99. The second-order valence-corrected chi connectivity index (χ2v) is 4.13. The van der Waals surface area contributed by atoms with Crippen LogP contribution in [0.2, 0.25) is 0 Å². The van der Waals surface area contributed by atoms with Gasteiger partial charge in [-0.2, -0.15) is 0 Å². The number of allylic oxidation sites excluding steroid dienone is 1. The van der Waals surface area contributed by atoms with E-state index in [4.69, 9.17) is 9.84 Å². The Hall–Kier alpha value is -0.0200. The van der Waals surface area contributed by atoms with Crippen molar-refractivity contribution in [3.8, 4) is 0 Å². The fourth-order valence-corrected chi connectivity index (χ4v) is 0.722. The van der Waals surface area contributed by atoms with E-state index in [1.807, 2.05) is 6.08 Å². The van der Waals surface area contributed by atoms with Crippen molar-refractivity contribution < 1.29 is 9.84 Å². The molecule has 0 aromatic heterocycles. The van der Waals surface area contributed by atoms with E-state index in [0.29, 0.717) is 11.4 Å². The highest BCUT2D eigenvalue weighted by Crippen LogP contribution is 2.03. The number of rotatable bonds is 5. The van der Waals surface area contributed by atoms with Crippen LogP contribution < -0.4 is 0 Å². The molecule has 0 spiro atoms. The molecule has 11 heavy (non-hydrogen) atoms. The molecule has 1 N–H and O–H groups in total. The molecule has 0 aliphatic rings. The largest absolute Gasteiger partial charge is 0.499 e. The summed E-state index contributed by atoms with van der Waals surface area (Å²) in [7, 11) is 0. The highest BCUT2D eigenvalue weighted by atomic mass is 79.9. The van der Waals surface area contributed by atoms with Gasteiger partial charge >= 0.3 is 0 Å². The smallest absolute Gasteiger partial charge is 0.113 e. The fourth-order valence-electron chi connectivity index (χ4n) is 0.506. The Kier molecular flexibility index (Phi) is 6.66. The van der Waals surface area contributed by atoms with Crippen molar-refractivity contribution >= 4 is 15.9 Å². The molecule has 0 radical (unpaired) electrons. The molecule has 0 aromatic carbocycles. The lowest BCUT2D eigenvalue weighted by Crippen LogP contribution is -2.07. The van der Waals surface area contributed by atoms with Gasteiger partial charge in [0.05, 0.1) is 12.4 Å². The molecule has 3 heteroatoms. The average molecular weight is 223 g/mol. The summed E-state index contributed by atoms with van der Waals surface area (Å²) >= 11 is 3.40. The van der Waals surface area contributed by atoms with Gasteiger partial charge in [0.15, 0.2) is 0 Å². The molecule has 0 saturated carbocycles. The van der Waals surface area contributed by atoms with Crippen LogP contribution in [0.1, 0.15) is 20.3 Å². The lowest BCUT2D eigenvalue weighted by molar-refractivity contribution is 0.0973. The summed E-state index contributed by atoms with van der Waals surface area (Å²) in [6.45, 7) is 4.13. The van der Waals surface area contributed by atoms with Gasteiger partial charge in [0, 0.05) is 4.83 Å². The maximum Gasteiger partial charge on any atom is 0.113 e. The molecular formula is C8H15BrO2. The Morgan fingerprint density at radius 2 is 2.18 bits per heavy atom. The zero-order valence-electron chi connectivity index (χ0n) is 6.96. The van der Waals surface area contributed by atoms with Crippen LogP contribution in [0.15, 0.2) is 12.3 Å². The number of aliphatic hydroxyl groups is 1. The first-order valence-corrected chi connectivity index (χ1v) is 4.63. The van der Waals surface area contributed by atoms with E-state index in [0.717, 1.165) is 6.42 Å². The predicted octanol–water partition coefficient (Wildman–Crippen LogP) is 2.07. The maximum atomic E-state index is 8.79. The first-order valence-electron chi connectivity index (χ1n) is 3.71. The number of halogens is 1. The van der Waals surface area contributed by atoms with E-state index in [-0.39, 0.29) is 6.10 Å². The number of ether oxygens (including phenoxy) is 1. The molecule has 0 amide bonds. The van der Waals surface area contributed by atoms with Crippen molar-refractivity contribution in [2.75, 3.05) is 6.61 Å². The van der Waals surface area contributed by atoms with Crippen molar-refractivity contribution in [2.24, 2.45) is 0 Å². The van der Waals surface area contributed by atoms with Crippen LogP contribution in [-0.4, -0.2) is 22.6 Å². The highest BCUT2D eigenvalue weighted by Gasteiger charge is 1.92. The molecule has 2 nitrogen and oxygen atoms in total. The third-order valence-corrected chi connectivity index (χ3v) is 1.36. The standard InChI is InChI=1S/C8H15BrO2/c1-7(9)4-3-5-11-6-8(2)10/h3,5,7-8,10H,4,6H2,1-2H3. The molecule has 0 rings (SSSR count). The Balaban J connectivity index is 3.17. The molecule has 0 fully saturated rings. The maximum absolute atomic E-state index is 8.79. The Labute approximate surface area is 76.4 Å². The van der Waals surface area contributed by atoms with Crippen molar-refractivity contribution in [3.05, 3.63) is 12.3 Å². The molecule has 0 saturated heterocycles. The van der Waals surface area contributed by atoms with Gasteiger partial charge in [-0.15, -0.1) is 0 Å². The highest BCUT2D eigenvalue weighted by molar-refractivity contribution is 9.09. The summed E-state index contributed by atoms with van der Waals surface area (Å²) in [6.07, 6.45) is 4.12. The molecule has 0 aliphatic heterocycles. The molecule has 0 heterocycles. The zero-order chi connectivity index (χ0) is 8.69. The van der Waals surface area contributed by atoms with Gasteiger partial charge in [-0.3, -0.25) is 0 Å². The van der Waals surface area contributed by atoms with Crippen molar-refractivity contribution in [3.63, 3.8) is 0 Å². The molecule has 2 unspecified atom stereocenters. The van der Waals surface area contributed by atoms with Crippen LogP contribution in [0.25, 0.3) is 0 Å². The van der Waals surface area contributed by atoms with E-state index in [9.17, 15) is 0 Å². The Morgan fingerprint density at radius 3 is 2.64 bits per heavy atom. The summed E-state index contributed by atoms with van der Waals surface area (Å²) in [4.78, 5) is 0.480. The Bertz CT molecular complexity index is 111. The van der Waals surface area contributed by atoms with Crippen LogP contribution in [0.3, 0.4) is 0 Å². The van der Waals surface area contributed by atoms with Crippen LogP contribution in [0.4, 0.5) is 0 Å². The van der Waals surface area contributed by atoms with Crippen molar-refractivity contribution in [2.45, 2.75) is 31.2 Å². The summed E-state index contributed by atoms with van der Waals surface area (Å²) in [5.41, 5.74) is 0. The molecule has 2 atom stereocenters.